The summed E-state index contributed by atoms with van der Waals surface area (Å²) in [6.07, 6.45) is 2.05. The molecule has 0 atom stereocenters. The number of aromatic nitrogens is 3. The first kappa shape index (κ1) is 16.7. The van der Waals surface area contributed by atoms with Crippen molar-refractivity contribution in [3.63, 3.8) is 0 Å². The Labute approximate surface area is 170 Å². The van der Waals surface area contributed by atoms with Gasteiger partial charge in [-0.3, -0.25) is 0 Å². The summed E-state index contributed by atoms with van der Waals surface area (Å²) in [4.78, 5) is 14.1. The second kappa shape index (κ2) is 6.31. The van der Waals surface area contributed by atoms with Crippen molar-refractivity contribution < 1.29 is 0 Å². The average molecular weight is 435 g/mol. The molecule has 1 N–H and O–H groups in total. The number of aryl methyl sites for hydroxylation is 1. The Kier molecular flexibility index (Phi) is 4.06. The minimum Gasteiger partial charge on any atom is -0.307 e. The monoisotopic (exact) mass is 434 g/mol. The molecule has 0 unspecified atom stereocenters. The van der Waals surface area contributed by atoms with Crippen LogP contribution >= 0.6 is 57.4 Å². The average Bonchev–Trinajstić information content (AvgIpc) is 3.33. The molecule has 3 aromatic heterocycles. The second-order valence-corrected chi connectivity index (χ2v) is 10.1. The fourth-order valence-corrected chi connectivity index (χ4v) is 6.54. The highest BCUT2D eigenvalue weighted by Gasteiger charge is 2.14. The van der Waals surface area contributed by atoms with Crippen molar-refractivity contribution in [2.45, 2.75) is 11.3 Å². The van der Waals surface area contributed by atoms with Gasteiger partial charge in [-0.2, -0.15) is 0 Å². The van der Waals surface area contributed by atoms with E-state index in [4.69, 9.17) is 21.6 Å². The highest BCUT2D eigenvalue weighted by Crippen LogP contribution is 2.39. The highest BCUT2D eigenvalue weighted by molar-refractivity contribution is 8.00. The summed E-state index contributed by atoms with van der Waals surface area (Å²) in [5, 5.41) is 5.78. The maximum Gasteiger partial charge on any atom is 0.190 e. The lowest BCUT2D eigenvalue weighted by Gasteiger charge is -1.96. The summed E-state index contributed by atoms with van der Waals surface area (Å²) in [5.74, 6) is 0. The summed E-state index contributed by atoms with van der Waals surface area (Å²) < 4.78 is 4.56. The smallest absolute Gasteiger partial charge is 0.190 e. The van der Waals surface area contributed by atoms with Gasteiger partial charge in [-0.1, -0.05) is 46.0 Å². The van der Waals surface area contributed by atoms with Gasteiger partial charge in [0.15, 0.2) is 14.6 Å². The lowest BCUT2D eigenvalue weighted by Crippen LogP contribution is -1.87. The van der Waals surface area contributed by atoms with Gasteiger partial charge in [-0.05, 0) is 43.0 Å². The molecule has 5 rings (SSSR count). The van der Waals surface area contributed by atoms with Crippen molar-refractivity contribution in [1.82, 2.24) is 15.0 Å². The van der Waals surface area contributed by atoms with E-state index in [0.29, 0.717) is 0 Å². The number of halogens is 1. The van der Waals surface area contributed by atoms with E-state index in [9.17, 15) is 0 Å². The van der Waals surface area contributed by atoms with Crippen LogP contribution in [0.5, 0.6) is 0 Å². The van der Waals surface area contributed by atoms with Crippen LogP contribution in [0, 0.1) is 6.92 Å². The van der Waals surface area contributed by atoms with Crippen molar-refractivity contribution >= 4 is 98.3 Å². The van der Waals surface area contributed by atoms with E-state index in [1.54, 1.807) is 45.8 Å². The number of nitrogens with zero attached hydrogens (tertiary/aromatic N) is 3. The number of benzene rings is 2. The molecule has 0 fully saturated rings. The van der Waals surface area contributed by atoms with Gasteiger partial charge in [0, 0.05) is 5.02 Å². The predicted octanol–water partition coefficient (Wildman–Crippen LogP) is 6.94. The molecule has 0 bridgehead atoms. The zero-order chi connectivity index (χ0) is 17.8. The third kappa shape index (κ3) is 2.68. The van der Waals surface area contributed by atoms with Gasteiger partial charge in [-0.25, -0.2) is 15.0 Å². The predicted molar refractivity (Wildman–Crippen MR) is 117 cm³/mol. The Morgan fingerprint density at radius 3 is 2.46 bits per heavy atom. The van der Waals surface area contributed by atoms with E-state index in [0.717, 1.165) is 46.4 Å². The Morgan fingerprint density at radius 1 is 0.923 bits per heavy atom. The molecule has 0 aliphatic heterocycles. The van der Waals surface area contributed by atoms with Crippen LogP contribution in [0.2, 0.25) is 5.02 Å². The first-order valence-electron chi connectivity index (χ1n) is 7.69. The molecule has 4 nitrogen and oxygen atoms in total. The Balaban J connectivity index is 1.58. The summed E-state index contributed by atoms with van der Waals surface area (Å²) >= 11 is 12.9. The lowest BCUT2D eigenvalue weighted by atomic mass is 10.2. The third-order valence-corrected chi connectivity index (χ3v) is 8.58. The van der Waals surface area contributed by atoms with Gasteiger partial charge in [0.25, 0.3) is 0 Å². The van der Waals surface area contributed by atoms with Gasteiger partial charge in [0.2, 0.25) is 0 Å². The Bertz CT molecular complexity index is 1290. The van der Waals surface area contributed by atoms with E-state index in [1.807, 2.05) is 31.2 Å². The van der Waals surface area contributed by atoms with Crippen molar-refractivity contribution in [2.24, 2.45) is 0 Å². The van der Waals surface area contributed by atoms with Crippen LogP contribution in [0.4, 0.5) is 10.3 Å². The quantitative estimate of drug-likeness (QED) is 0.311. The normalized spacial score (nSPS) is 11.8. The van der Waals surface area contributed by atoms with E-state index in [1.165, 1.54) is 9.40 Å². The first-order chi connectivity index (χ1) is 12.6. The van der Waals surface area contributed by atoms with Crippen molar-refractivity contribution in [1.29, 1.82) is 0 Å². The fraction of sp³-hybridized carbons (Fsp3) is 0.118. The number of hydrogen-bond donors (Lipinski definition) is 1. The Morgan fingerprint density at radius 2 is 1.65 bits per heavy atom. The zero-order valence-corrected chi connectivity index (χ0v) is 17.7. The van der Waals surface area contributed by atoms with E-state index >= 15 is 0 Å². The van der Waals surface area contributed by atoms with Crippen molar-refractivity contribution in [3.05, 3.63) is 34.9 Å². The number of thiazole rings is 3. The number of nitrogens with one attached hydrogen (secondary N) is 1. The molecular formula is C17H11ClN4S4. The Hall–Kier alpha value is -1.45. The van der Waals surface area contributed by atoms with Crippen LogP contribution in [0.3, 0.4) is 0 Å². The molecule has 0 saturated heterocycles. The lowest BCUT2D eigenvalue weighted by molar-refractivity contribution is 1.31. The van der Waals surface area contributed by atoms with E-state index in [-0.39, 0.29) is 0 Å². The SMILES string of the molecule is CSc1nc2ccc3nc(Nc4nc5c(C)c(Cl)ccc5s4)sc3c2s1. The molecule has 9 heteroatoms. The summed E-state index contributed by atoms with van der Waals surface area (Å²) in [7, 11) is 0. The molecule has 2 aromatic carbocycles. The molecule has 3 heterocycles. The molecule has 26 heavy (non-hydrogen) atoms. The molecule has 0 spiro atoms. The van der Waals surface area contributed by atoms with Crippen molar-refractivity contribution in [2.75, 3.05) is 11.6 Å². The minimum atomic E-state index is 0.742. The number of rotatable bonds is 3. The largest absolute Gasteiger partial charge is 0.307 e. The first-order valence-corrected chi connectivity index (χ1v) is 11.7. The highest BCUT2D eigenvalue weighted by atomic mass is 35.5. The van der Waals surface area contributed by atoms with Crippen LogP contribution in [-0.2, 0) is 0 Å². The fourth-order valence-electron chi connectivity index (χ4n) is 2.74. The number of anilines is 2. The van der Waals surface area contributed by atoms with Crippen molar-refractivity contribution in [3.8, 4) is 0 Å². The van der Waals surface area contributed by atoms with Gasteiger partial charge >= 0.3 is 0 Å². The summed E-state index contributed by atoms with van der Waals surface area (Å²) in [6, 6.07) is 8.01. The molecule has 5 aromatic rings. The van der Waals surface area contributed by atoms with Gasteiger partial charge in [0.1, 0.15) is 0 Å². The molecule has 0 saturated carbocycles. The molecule has 0 aliphatic carbocycles. The van der Waals surface area contributed by atoms with Crippen LogP contribution in [-0.4, -0.2) is 21.2 Å². The third-order valence-electron chi connectivity index (χ3n) is 4.03. The standard InChI is InChI=1S/C17H11ClN4S4/c1-7-8(18)3-6-11-12(7)21-16(24-11)22-15-19-9-4-5-10-14(13(9)25-15)26-17(20-10)23-2/h3-6H,1-2H3,(H,19,21,22). The van der Waals surface area contributed by atoms with Gasteiger partial charge in [-0.15, -0.1) is 11.3 Å². The summed E-state index contributed by atoms with van der Waals surface area (Å²) in [6.45, 7) is 2.00. The maximum atomic E-state index is 6.21. The number of hydrogen-bond acceptors (Lipinski definition) is 8. The number of thioether (sulfide) groups is 1. The molecule has 0 amide bonds. The summed E-state index contributed by atoms with van der Waals surface area (Å²) in [5.41, 5.74) is 3.98. The maximum absolute atomic E-state index is 6.21. The van der Waals surface area contributed by atoms with Gasteiger partial charge in [0.05, 0.1) is 30.6 Å². The van der Waals surface area contributed by atoms with Crippen LogP contribution in [0.25, 0.3) is 30.6 Å². The van der Waals surface area contributed by atoms with Gasteiger partial charge < -0.3 is 5.32 Å². The number of fused-ring (bicyclic) bond motifs is 4. The molecule has 130 valence electrons. The van der Waals surface area contributed by atoms with E-state index < -0.39 is 0 Å². The second-order valence-electron chi connectivity index (χ2n) is 5.63. The minimum absolute atomic E-state index is 0.742. The zero-order valence-electron chi connectivity index (χ0n) is 13.7. The van der Waals surface area contributed by atoms with Crippen LogP contribution in [0.15, 0.2) is 28.6 Å². The van der Waals surface area contributed by atoms with E-state index in [2.05, 4.69) is 16.6 Å². The molecule has 0 radical (unpaired) electrons. The topological polar surface area (TPSA) is 50.7 Å². The van der Waals surface area contributed by atoms with Crippen LogP contribution < -0.4 is 5.32 Å². The molecular weight excluding hydrogens is 424 g/mol. The molecule has 0 aliphatic rings. The van der Waals surface area contributed by atoms with Crippen LogP contribution in [0.1, 0.15) is 5.56 Å².